The predicted molar refractivity (Wildman–Crippen MR) is 97.2 cm³/mol. The van der Waals surface area contributed by atoms with Crippen LogP contribution in [0.1, 0.15) is 46.9 Å². The number of carbonyl (C=O) groups excluding carboxylic acids is 2. The molecule has 0 saturated carbocycles. The molecule has 1 unspecified atom stereocenters. The largest absolute Gasteiger partial charge is 0.346 e. The number of anilines is 1. The Kier molecular flexibility index (Phi) is 6.09. The fraction of sp³-hybridized carbons (Fsp3) is 0.389. The van der Waals surface area contributed by atoms with E-state index in [1.807, 2.05) is 45.9 Å². The lowest BCUT2D eigenvalue weighted by Gasteiger charge is -2.14. The Balaban J connectivity index is 1.92. The molecule has 1 aromatic carbocycles. The lowest BCUT2D eigenvalue weighted by Crippen LogP contribution is -2.31. The van der Waals surface area contributed by atoms with E-state index in [4.69, 9.17) is 0 Å². The number of amides is 2. The van der Waals surface area contributed by atoms with E-state index < -0.39 is 0 Å². The number of carbonyl (C=O) groups is 2. The Bertz CT molecular complexity index is 720. The summed E-state index contributed by atoms with van der Waals surface area (Å²) in [5.41, 5.74) is 2.74. The van der Waals surface area contributed by atoms with E-state index in [1.54, 1.807) is 17.4 Å². The van der Waals surface area contributed by atoms with Crippen molar-refractivity contribution in [1.82, 2.24) is 10.3 Å². The molecule has 6 heteroatoms. The normalized spacial score (nSPS) is 11.8. The Morgan fingerprint density at radius 2 is 1.96 bits per heavy atom. The van der Waals surface area contributed by atoms with E-state index in [1.165, 1.54) is 0 Å². The summed E-state index contributed by atoms with van der Waals surface area (Å²) < 4.78 is 0. The van der Waals surface area contributed by atoms with Gasteiger partial charge in [-0.05, 0) is 44.9 Å². The van der Waals surface area contributed by atoms with Gasteiger partial charge < -0.3 is 10.6 Å². The van der Waals surface area contributed by atoms with Crippen molar-refractivity contribution in [2.24, 2.45) is 0 Å². The van der Waals surface area contributed by atoms with Crippen LogP contribution in [0.4, 0.5) is 5.69 Å². The number of aromatic nitrogens is 1. The van der Waals surface area contributed by atoms with Gasteiger partial charge >= 0.3 is 0 Å². The van der Waals surface area contributed by atoms with Crippen LogP contribution >= 0.6 is 11.3 Å². The van der Waals surface area contributed by atoms with E-state index in [9.17, 15) is 9.59 Å². The molecule has 2 aromatic rings. The van der Waals surface area contributed by atoms with Crippen molar-refractivity contribution >= 4 is 28.8 Å². The van der Waals surface area contributed by atoms with E-state index >= 15 is 0 Å². The first kappa shape index (κ1) is 18.1. The summed E-state index contributed by atoms with van der Waals surface area (Å²) in [5, 5.41) is 6.53. The molecule has 24 heavy (non-hydrogen) atoms. The minimum absolute atomic E-state index is 0.151. The third-order valence-corrected chi connectivity index (χ3v) is 4.90. The molecule has 2 rings (SSSR count). The van der Waals surface area contributed by atoms with Crippen molar-refractivity contribution in [3.8, 4) is 0 Å². The number of hydrogen-bond donors (Lipinski definition) is 2. The molecule has 128 valence electrons. The van der Waals surface area contributed by atoms with Crippen LogP contribution < -0.4 is 10.6 Å². The fourth-order valence-corrected chi connectivity index (χ4v) is 3.36. The summed E-state index contributed by atoms with van der Waals surface area (Å²) in [6.07, 6.45) is 0.533. The maximum atomic E-state index is 12.1. The molecule has 2 N–H and O–H groups in total. The summed E-state index contributed by atoms with van der Waals surface area (Å²) in [6.45, 7) is 7.91. The molecule has 1 atom stereocenters. The standard InChI is InChI=1S/C18H23N3O2S/c1-5-15(18-19-12(3)13(4)24-18)21-17(23)10-16(22)20-14-8-6-7-11(2)9-14/h6-9,15H,5,10H2,1-4H3,(H,20,22)(H,21,23). The molecular formula is C18H23N3O2S. The summed E-state index contributed by atoms with van der Waals surface area (Å²) in [6, 6.07) is 7.34. The predicted octanol–water partition coefficient (Wildman–Crippen LogP) is 3.66. The summed E-state index contributed by atoms with van der Waals surface area (Å²) in [4.78, 5) is 29.8. The second-order valence-corrected chi connectivity index (χ2v) is 7.05. The maximum Gasteiger partial charge on any atom is 0.233 e. The Morgan fingerprint density at radius 3 is 2.54 bits per heavy atom. The van der Waals surface area contributed by atoms with Gasteiger partial charge in [-0.25, -0.2) is 4.98 Å². The molecule has 0 saturated heterocycles. The number of rotatable bonds is 6. The molecule has 1 heterocycles. The average molecular weight is 345 g/mol. The minimum atomic E-state index is -0.320. The fourth-order valence-electron chi connectivity index (χ4n) is 2.30. The van der Waals surface area contributed by atoms with Gasteiger partial charge in [0.2, 0.25) is 11.8 Å². The van der Waals surface area contributed by atoms with Gasteiger partial charge in [0.25, 0.3) is 0 Å². The number of nitrogens with one attached hydrogen (secondary N) is 2. The van der Waals surface area contributed by atoms with Crippen molar-refractivity contribution in [3.05, 3.63) is 45.4 Å². The van der Waals surface area contributed by atoms with Crippen LogP contribution in [0, 0.1) is 20.8 Å². The van der Waals surface area contributed by atoms with Crippen LogP contribution in [0.2, 0.25) is 0 Å². The smallest absolute Gasteiger partial charge is 0.233 e. The van der Waals surface area contributed by atoms with Gasteiger partial charge in [-0.15, -0.1) is 11.3 Å². The molecule has 0 aliphatic carbocycles. The topological polar surface area (TPSA) is 71.1 Å². The molecule has 0 aliphatic heterocycles. The lowest BCUT2D eigenvalue weighted by atomic mass is 10.2. The molecule has 1 aromatic heterocycles. The van der Waals surface area contributed by atoms with E-state index in [2.05, 4.69) is 15.6 Å². The average Bonchev–Trinajstić information content (AvgIpc) is 2.84. The third-order valence-electron chi connectivity index (χ3n) is 3.71. The van der Waals surface area contributed by atoms with Crippen LogP contribution in [-0.2, 0) is 9.59 Å². The van der Waals surface area contributed by atoms with Crippen molar-refractivity contribution < 1.29 is 9.59 Å². The third kappa shape index (κ3) is 4.89. The first-order valence-corrected chi connectivity index (χ1v) is 8.80. The second kappa shape index (κ2) is 8.06. The molecule has 0 radical (unpaired) electrons. The van der Waals surface area contributed by atoms with Gasteiger partial charge in [0.05, 0.1) is 11.7 Å². The van der Waals surface area contributed by atoms with Crippen molar-refractivity contribution in [2.75, 3.05) is 5.32 Å². The van der Waals surface area contributed by atoms with Gasteiger partial charge in [0.15, 0.2) is 0 Å². The number of aryl methyl sites for hydroxylation is 3. The van der Waals surface area contributed by atoms with Gasteiger partial charge in [-0.2, -0.15) is 0 Å². The molecule has 0 spiro atoms. The van der Waals surface area contributed by atoms with Gasteiger partial charge in [-0.1, -0.05) is 19.1 Å². The minimum Gasteiger partial charge on any atom is -0.346 e. The van der Waals surface area contributed by atoms with Gasteiger partial charge in [-0.3, -0.25) is 9.59 Å². The van der Waals surface area contributed by atoms with Crippen molar-refractivity contribution in [2.45, 2.75) is 46.6 Å². The van der Waals surface area contributed by atoms with Crippen LogP contribution in [0.25, 0.3) is 0 Å². The highest BCUT2D eigenvalue weighted by Crippen LogP contribution is 2.24. The zero-order chi connectivity index (χ0) is 17.7. The maximum absolute atomic E-state index is 12.1. The summed E-state index contributed by atoms with van der Waals surface area (Å²) in [7, 11) is 0. The summed E-state index contributed by atoms with van der Waals surface area (Å²) >= 11 is 1.59. The Hall–Kier alpha value is -2.21. The highest BCUT2D eigenvalue weighted by Gasteiger charge is 2.19. The number of benzene rings is 1. The van der Waals surface area contributed by atoms with E-state index in [0.717, 1.165) is 27.6 Å². The van der Waals surface area contributed by atoms with Crippen LogP contribution in [-0.4, -0.2) is 16.8 Å². The number of nitrogens with zero attached hydrogens (tertiary/aromatic N) is 1. The zero-order valence-corrected chi connectivity index (χ0v) is 15.3. The van der Waals surface area contributed by atoms with Crippen LogP contribution in [0.5, 0.6) is 0 Å². The molecule has 0 aliphatic rings. The van der Waals surface area contributed by atoms with E-state index in [0.29, 0.717) is 5.69 Å². The summed E-state index contributed by atoms with van der Waals surface area (Å²) in [5.74, 6) is -0.614. The molecule has 2 amide bonds. The quantitative estimate of drug-likeness (QED) is 0.785. The van der Waals surface area contributed by atoms with Gasteiger partial charge in [0.1, 0.15) is 11.4 Å². The first-order valence-electron chi connectivity index (χ1n) is 7.98. The molecule has 0 bridgehead atoms. The molecule has 0 fully saturated rings. The molecular weight excluding hydrogens is 322 g/mol. The first-order chi connectivity index (χ1) is 11.4. The Labute approximate surface area is 146 Å². The zero-order valence-electron chi connectivity index (χ0n) is 14.5. The molecule has 5 nitrogen and oxygen atoms in total. The number of thiazole rings is 1. The Morgan fingerprint density at radius 1 is 1.21 bits per heavy atom. The highest BCUT2D eigenvalue weighted by atomic mass is 32.1. The van der Waals surface area contributed by atoms with Crippen molar-refractivity contribution in [3.63, 3.8) is 0 Å². The van der Waals surface area contributed by atoms with E-state index in [-0.39, 0.29) is 24.3 Å². The monoisotopic (exact) mass is 345 g/mol. The van der Waals surface area contributed by atoms with Crippen LogP contribution in [0.3, 0.4) is 0 Å². The lowest BCUT2D eigenvalue weighted by molar-refractivity contribution is -0.127. The second-order valence-electron chi connectivity index (χ2n) is 5.82. The van der Waals surface area contributed by atoms with Gasteiger partial charge in [0, 0.05) is 10.6 Å². The SMILES string of the molecule is CCC(NC(=O)CC(=O)Nc1cccc(C)c1)c1nc(C)c(C)s1. The highest BCUT2D eigenvalue weighted by molar-refractivity contribution is 7.11. The number of hydrogen-bond acceptors (Lipinski definition) is 4. The van der Waals surface area contributed by atoms with Crippen LogP contribution in [0.15, 0.2) is 24.3 Å². The van der Waals surface area contributed by atoms with Crippen molar-refractivity contribution in [1.29, 1.82) is 0 Å².